The Bertz CT molecular complexity index is 538. The van der Waals surface area contributed by atoms with E-state index in [0.29, 0.717) is 0 Å². The molecule has 0 saturated carbocycles. The number of piperidine rings is 1. The number of ether oxygens (including phenoxy) is 1. The fraction of sp³-hybridized carbons (Fsp3) is 0.650. The predicted molar refractivity (Wildman–Crippen MR) is 105 cm³/mol. The quantitative estimate of drug-likeness (QED) is 0.468. The molecule has 25 heavy (non-hydrogen) atoms. The van der Waals surface area contributed by atoms with E-state index in [1.54, 1.807) is 7.11 Å². The minimum atomic E-state index is 0.772. The SMILES string of the molecule is CN=C(NCCCN1CCC(C)CC1)N(C)Cc1ccccc1OC. The molecule has 0 aliphatic carbocycles. The Morgan fingerprint density at radius 3 is 2.72 bits per heavy atom. The summed E-state index contributed by atoms with van der Waals surface area (Å²) < 4.78 is 5.44. The van der Waals surface area contributed by atoms with Gasteiger partial charge in [-0.25, -0.2) is 0 Å². The molecule has 5 nitrogen and oxygen atoms in total. The second-order valence-corrected chi connectivity index (χ2v) is 7.02. The summed E-state index contributed by atoms with van der Waals surface area (Å²) in [7, 11) is 5.62. The van der Waals surface area contributed by atoms with Crippen LogP contribution in [-0.4, -0.2) is 63.1 Å². The van der Waals surface area contributed by atoms with E-state index in [2.05, 4.69) is 40.1 Å². The van der Waals surface area contributed by atoms with Crippen LogP contribution in [0.3, 0.4) is 0 Å². The molecule has 1 aliphatic rings. The average molecular weight is 347 g/mol. The van der Waals surface area contributed by atoms with Gasteiger partial charge in [-0.05, 0) is 50.9 Å². The van der Waals surface area contributed by atoms with E-state index < -0.39 is 0 Å². The largest absolute Gasteiger partial charge is 0.496 e. The van der Waals surface area contributed by atoms with Crippen LogP contribution in [0.25, 0.3) is 0 Å². The Kier molecular flexibility index (Phi) is 8.06. The van der Waals surface area contributed by atoms with Crippen LogP contribution >= 0.6 is 0 Å². The zero-order valence-corrected chi connectivity index (χ0v) is 16.3. The van der Waals surface area contributed by atoms with Crippen LogP contribution < -0.4 is 10.1 Å². The Balaban J connectivity index is 1.74. The average Bonchev–Trinajstić information content (AvgIpc) is 2.63. The van der Waals surface area contributed by atoms with Crippen molar-refractivity contribution in [2.24, 2.45) is 10.9 Å². The van der Waals surface area contributed by atoms with Gasteiger partial charge in [-0.15, -0.1) is 0 Å². The number of nitrogens with zero attached hydrogens (tertiary/aromatic N) is 3. The molecule has 1 heterocycles. The summed E-state index contributed by atoms with van der Waals surface area (Å²) in [5.74, 6) is 2.75. The molecule has 0 bridgehead atoms. The number of likely N-dealkylation sites (tertiary alicyclic amines) is 1. The van der Waals surface area contributed by atoms with E-state index in [9.17, 15) is 0 Å². The van der Waals surface area contributed by atoms with Crippen LogP contribution in [0, 0.1) is 5.92 Å². The molecule has 1 aromatic rings. The molecular weight excluding hydrogens is 312 g/mol. The molecule has 1 saturated heterocycles. The van der Waals surface area contributed by atoms with Gasteiger partial charge >= 0.3 is 0 Å². The molecule has 1 aliphatic heterocycles. The first-order valence-electron chi connectivity index (χ1n) is 9.40. The lowest BCUT2D eigenvalue weighted by atomic mass is 9.99. The van der Waals surface area contributed by atoms with Crippen molar-refractivity contribution in [2.45, 2.75) is 32.7 Å². The summed E-state index contributed by atoms with van der Waals surface area (Å²) in [5.41, 5.74) is 1.16. The van der Waals surface area contributed by atoms with Crippen molar-refractivity contribution in [2.75, 3.05) is 47.4 Å². The molecule has 0 radical (unpaired) electrons. The minimum Gasteiger partial charge on any atom is -0.496 e. The smallest absolute Gasteiger partial charge is 0.193 e. The molecule has 140 valence electrons. The highest BCUT2D eigenvalue weighted by Crippen LogP contribution is 2.18. The van der Waals surface area contributed by atoms with Crippen molar-refractivity contribution >= 4 is 5.96 Å². The van der Waals surface area contributed by atoms with Gasteiger partial charge in [0.1, 0.15) is 5.75 Å². The number of methoxy groups -OCH3 is 1. The first-order valence-corrected chi connectivity index (χ1v) is 9.40. The van der Waals surface area contributed by atoms with E-state index in [1.165, 1.54) is 32.5 Å². The van der Waals surface area contributed by atoms with Crippen LogP contribution in [-0.2, 0) is 6.54 Å². The Morgan fingerprint density at radius 2 is 2.04 bits per heavy atom. The van der Waals surface area contributed by atoms with Gasteiger partial charge < -0.3 is 19.9 Å². The zero-order chi connectivity index (χ0) is 18.1. The maximum absolute atomic E-state index is 5.44. The third-order valence-electron chi connectivity index (χ3n) is 4.98. The number of rotatable bonds is 7. The Hall–Kier alpha value is -1.75. The predicted octanol–water partition coefficient (Wildman–Crippen LogP) is 2.82. The van der Waals surface area contributed by atoms with E-state index in [0.717, 1.165) is 42.7 Å². The molecule has 1 aromatic carbocycles. The first kappa shape index (κ1) is 19.6. The maximum atomic E-state index is 5.44. The number of benzene rings is 1. The number of hydrogen-bond donors (Lipinski definition) is 1. The molecule has 0 unspecified atom stereocenters. The van der Waals surface area contributed by atoms with E-state index in [-0.39, 0.29) is 0 Å². The van der Waals surface area contributed by atoms with Gasteiger partial charge in [-0.2, -0.15) is 0 Å². The lowest BCUT2D eigenvalue weighted by molar-refractivity contribution is 0.191. The number of para-hydroxylation sites is 1. The first-order chi connectivity index (χ1) is 12.1. The van der Waals surface area contributed by atoms with Crippen molar-refractivity contribution in [1.29, 1.82) is 0 Å². The van der Waals surface area contributed by atoms with Gasteiger partial charge in [-0.1, -0.05) is 25.1 Å². The van der Waals surface area contributed by atoms with Crippen molar-refractivity contribution in [3.8, 4) is 5.75 Å². The van der Waals surface area contributed by atoms with Crippen LogP contribution in [0.15, 0.2) is 29.3 Å². The van der Waals surface area contributed by atoms with Gasteiger partial charge in [0.15, 0.2) is 5.96 Å². The standard InChI is InChI=1S/C20H34N4O/c1-17-10-14-24(15-11-17)13-7-12-22-20(21-2)23(3)16-18-8-5-6-9-19(18)25-4/h5-6,8-9,17H,7,10-16H2,1-4H3,(H,21,22). The molecule has 1 fully saturated rings. The molecule has 1 N–H and O–H groups in total. The summed E-state index contributed by atoms with van der Waals surface area (Å²) in [6.45, 7) is 7.77. The third kappa shape index (κ3) is 6.24. The second kappa shape index (κ2) is 10.3. The molecule has 5 heteroatoms. The summed E-state index contributed by atoms with van der Waals surface area (Å²) in [5, 5.41) is 3.48. The fourth-order valence-corrected chi connectivity index (χ4v) is 3.34. The summed E-state index contributed by atoms with van der Waals surface area (Å²) >= 11 is 0. The van der Waals surface area contributed by atoms with Crippen molar-refractivity contribution < 1.29 is 4.74 Å². The molecule has 0 atom stereocenters. The van der Waals surface area contributed by atoms with E-state index >= 15 is 0 Å². The van der Waals surface area contributed by atoms with Gasteiger partial charge in [0.2, 0.25) is 0 Å². The van der Waals surface area contributed by atoms with Crippen LogP contribution in [0.4, 0.5) is 0 Å². The lowest BCUT2D eigenvalue weighted by Crippen LogP contribution is -2.40. The number of aliphatic imine (C=N–C) groups is 1. The van der Waals surface area contributed by atoms with Gasteiger partial charge in [0.05, 0.1) is 7.11 Å². The summed E-state index contributed by atoms with van der Waals surface area (Å²) in [6, 6.07) is 8.14. The topological polar surface area (TPSA) is 40.1 Å². The molecular formula is C20H34N4O. The molecule has 0 aromatic heterocycles. The Labute approximate surface area is 153 Å². The maximum Gasteiger partial charge on any atom is 0.193 e. The van der Waals surface area contributed by atoms with Crippen LogP contribution in [0.1, 0.15) is 31.7 Å². The molecule has 0 spiro atoms. The zero-order valence-electron chi connectivity index (χ0n) is 16.3. The normalized spacial score (nSPS) is 16.7. The molecule has 0 amide bonds. The third-order valence-corrected chi connectivity index (χ3v) is 4.98. The van der Waals surface area contributed by atoms with Gasteiger partial charge in [0, 0.05) is 32.7 Å². The van der Waals surface area contributed by atoms with Crippen LogP contribution in [0.5, 0.6) is 5.75 Å². The van der Waals surface area contributed by atoms with Crippen molar-refractivity contribution in [1.82, 2.24) is 15.1 Å². The lowest BCUT2D eigenvalue weighted by Gasteiger charge is -2.30. The highest BCUT2D eigenvalue weighted by molar-refractivity contribution is 5.79. The van der Waals surface area contributed by atoms with Crippen molar-refractivity contribution in [3.63, 3.8) is 0 Å². The minimum absolute atomic E-state index is 0.772. The number of guanidine groups is 1. The van der Waals surface area contributed by atoms with Crippen molar-refractivity contribution in [3.05, 3.63) is 29.8 Å². The highest BCUT2D eigenvalue weighted by atomic mass is 16.5. The number of hydrogen-bond acceptors (Lipinski definition) is 3. The monoisotopic (exact) mass is 346 g/mol. The van der Waals surface area contributed by atoms with E-state index in [4.69, 9.17) is 4.74 Å². The Morgan fingerprint density at radius 1 is 1.32 bits per heavy atom. The summed E-state index contributed by atoms with van der Waals surface area (Å²) in [6.07, 6.45) is 3.84. The second-order valence-electron chi connectivity index (χ2n) is 7.02. The summed E-state index contributed by atoms with van der Waals surface area (Å²) in [4.78, 5) is 9.14. The molecule has 2 rings (SSSR count). The van der Waals surface area contributed by atoms with Gasteiger partial charge in [-0.3, -0.25) is 4.99 Å². The van der Waals surface area contributed by atoms with E-state index in [1.807, 2.05) is 25.2 Å². The number of nitrogens with one attached hydrogen (secondary N) is 1. The van der Waals surface area contributed by atoms with Gasteiger partial charge in [0.25, 0.3) is 0 Å². The highest BCUT2D eigenvalue weighted by Gasteiger charge is 2.15. The fourth-order valence-electron chi connectivity index (χ4n) is 3.34. The van der Waals surface area contributed by atoms with Crippen LogP contribution in [0.2, 0.25) is 0 Å².